The van der Waals surface area contributed by atoms with E-state index in [1.807, 2.05) is 37.3 Å². The number of phenolic OH excluding ortho intramolecular Hbond substituents is 1. The summed E-state index contributed by atoms with van der Waals surface area (Å²) in [5.74, 6) is 0.236. The second-order valence-electron chi connectivity index (χ2n) is 3.82. The van der Waals surface area contributed by atoms with Gasteiger partial charge in [-0.15, -0.1) is 0 Å². The summed E-state index contributed by atoms with van der Waals surface area (Å²) in [6, 6.07) is 16.7. The van der Waals surface area contributed by atoms with Gasteiger partial charge in [0.05, 0.1) is 11.7 Å². The summed E-state index contributed by atoms with van der Waals surface area (Å²) in [5, 5.41) is 17.5. The zero-order valence-corrected chi connectivity index (χ0v) is 9.62. The van der Waals surface area contributed by atoms with Crippen LogP contribution in [-0.4, -0.2) is 5.11 Å². The van der Waals surface area contributed by atoms with Gasteiger partial charge in [-0.1, -0.05) is 30.3 Å². The molecule has 2 rings (SSSR count). The third-order valence-corrected chi connectivity index (χ3v) is 2.48. The van der Waals surface area contributed by atoms with Crippen LogP contribution in [0.2, 0.25) is 0 Å². The van der Waals surface area contributed by atoms with Crippen LogP contribution in [0.4, 0.5) is 5.69 Å². The molecule has 0 fully saturated rings. The first-order valence-corrected chi connectivity index (χ1v) is 5.50. The maximum atomic E-state index is 9.14. The zero-order valence-electron chi connectivity index (χ0n) is 9.62. The fourth-order valence-corrected chi connectivity index (χ4v) is 1.47. The smallest absolute Gasteiger partial charge is 0.115 e. The Morgan fingerprint density at radius 3 is 2.24 bits per heavy atom. The highest BCUT2D eigenvalue weighted by atomic mass is 16.3. The van der Waals surface area contributed by atoms with E-state index in [1.165, 1.54) is 0 Å². The lowest BCUT2D eigenvalue weighted by Crippen LogP contribution is -1.86. The van der Waals surface area contributed by atoms with E-state index in [-0.39, 0.29) is 11.8 Å². The number of hydrogen-bond acceptors (Lipinski definition) is 3. The lowest BCUT2D eigenvalue weighted by molar-refractivity contribution is 0.475. The van der Waals surface area contributed by atoms with E-state index >= 15 is 0 Å². The molecule has 0 aliphatic rings. The molecule has 1 atom stereocenters. The van der Waals surface area contributed by atoms with Crippen molar-refractivity contribution in [2.75, 3.05) is 0 Å². The fourth-order valence-electron chi connectivity index (χ4n) is 1.47. The van der Waals surface area contributed by atoms with Crippen LogP contribution >= 0.6 is 0 Å². The molecular formula is C14H14N2O. The first kappa shape index (κ1) is 11.3. The summed E-state index contributed by atoms with van der Waals surface area (Å²) in [5.41, 5.74) is 1.88. The summed E-state index contributed by atoms with van der Waals surface area (Å²) in [4.78, 5) is 0. The Morgan fingerprint density at radius 1 is 0.941 bits per heavy atom. The summed E-state index contributed by atoms with van der Waals surface area (Å²) in [6.45, 7) is 2.00. The zero-order chi connectivity index (χ0) is 12.1. The number of hydrogen-bond donors (Lipinski definition) is 1. The van der Waals surface area contributed by atoms with E-state index in [9.17, 15) is 0 Å². The van der Waals surface area contributed by atoms with Gasteiger partial charge in [0.15, 0.2) is 0 Å². The van der Waals surface area contributed by atoms with Crippen molar-refractivity contribution in [2.24, 2.45) is 10.2 Å². The molecule has 0 aliphatic heterocycles. The van der Waals surface area contributed by atoms with Gasteiger partial charge in [0.2, 0.25) is 0 Å². The van der Waals surface area contributed by atoms with Crippen LogP contribution in [0, 0.1) is 0 Å². The molecule has 1 N–H and O–H groups in total. The SMILES string of the molecule is CC(N=Nc1ccc(O)cc1)c1ccccc1. The summed E-state index contributed by atoms with van der Waals surface area (Å²) < 4.78 is 0. The molecule has 86 valence electrons. The van der Waals surface area contributed by atoms with Crippen molar-refractivity contribution < 1.29 is 5.11 Å². The summed E-state index contributed by atoms with van der Waals surface area (Å²) >= 11 is 0. The molecule has 2 aromatic carbocycles. The van der Waals surface area contributed by atoms with Crippen molar-refractivity contribution in [3.8, 4) is 5.75 Å². The fraction of sp³-hybridized carbons (Fsp3) is 0.143. The molecule has 0 radical (unpaired) electrons. The van der Waals surface area contributed by atoms with Crippen molar-refractivity contribution in [1.82, 2.24) is 0 Å². The molecule has 0 aromatic heterocycles. The number of aromatic hydroxyl groups is 1. The Morgan fingerprint density at radius 2 is 1.59 bits per heavy atom. The maximum Gasteiger partial charge on any atom is 0.115 e. The average Bonchev–Trinajstić information content (AvgIpc) is 2.39. The van der Waals surface area contributed by atoms with E-state index in [0.29, 0.717) is 0 Å². The van der Waals surface area contributed by atoms with Gasteiger partial charge in [0.25, 0.3) is 0 Å². The molecule has 3 heteroatoms. The van der Waals surface area contributed by atoms with Crippen molar-refractivity contribution in [1.29, 1.82) is 0 Å². The van der Waals surface area contributed by atoms with Gasteiger partial charge < -0.3 is 5.11 Å². The average molecular weight is 226 g/mol. The Bertz CT molecular complexity index is 491. The van der Waals surface area contributed by atoms with Crippen molar-refractivity contribution >= 4 is 5.69 Å². The summed E-state index contributed by atoms with van der Waals surface area (Å²) in [6.07, 6.45) is 0. The van der Waals surface area contributed by atoms with Gasteiger partial charge in [-0.2, -0.15) is 10.2 Å². The van der Waals surface area contributed by atoms with Gasteiger partial charge >= 0.3 is 0 Å². The van der Waals surface area contributed by atoms with Crippen LogP contribution in [0.3, 0.4) is 0 Å². The molecule has 0 aliphatic carbocycles. The molecule has 3 nitrogen and oxygen atoms in total. The Balaban J connectivity index is 2.08. The minimum atomic E-state index is 0.0324. The number of rotatable bonds is 3. The minimum absolute atomic E-state index is 0.0324. The standard InChI is InChI=1S/C14H14N2O/c1-11(12-5-3-2-4-6-12)15-16-13-7-9-14(17)10-8-13/h2-11,17H,1H3. The molecule has 0 spiro atoms. The van der Waals surface area contributed by atoms with Crippen LogP contribution in [0.5, 0.6) is 5.75 Å². The second kappa shape index (κ2) is 5.25. The molecule has 0 bridgehead atoms. The second-order valence-corrected chi connectivity index (χ2v) is 3.82. The third-order valence-electron chi connectivity index (χ3n) is 2.48. The largest absolute Gasteiger partial charge is 0.508 e. The number of azo groups is 1. The van der Waals surface area contributed by atoms with Gasteiger partial charge in [0, 0.05) is 0 Å². The lowest BCUT2D eigenvalue weighted by atomic mass is 10.1. The number of benzene rings is 2. The Kier molecular flexibility index (Phi) is 3.50. The van der Waals surface area contributed by atoms with Crippen molar-refractivity contribution in [2.45, 2.75) is 13.0 Å². The molecule has 17 heavy (non-hydrogen) atoms. The van der Waals surface area contributed by atoms with Crippen molar-refractivity contribution in [3.05, 3.63) is 60.2 Å². The topological polar surface area (TPSA) is 45.0 Å². The number of phenols is 1. The molecule has 0 heterocycles. The molecule has 0 amide bonds. The van der Waals surface area contributed by atoms with E-state index in [0.717, 1.165) is 11.3 Å². The molecule has 0 saturated heterocycles. The number of nitrogens with zero attached hydrogens (tertiary/aromatic N) is 2. The molecule has 2 aromatic rings. The highest BCUT2D eigenvalue weighted by molar-refractivity contribution is 5.40. The van der Waals surface area contributed by atoms with Crippen LogP contribution in [0.25, 0.3) is 0 Å². The normalized spacial score (nSPS) is 12.8. The highest BCUT2D eigenvalue weighted by Crippen LogP contribution is 2.21. The van der Waals surface area contributed by atoms with Crippen LogP contribution in [0.15, 0.2) is 64.8 Å². The molecule has 1 unspecified atom stereocenters. The van der Waals surface area contributed by atoms with E-state index < -0.39 is 0 Å². The molecular weight excluding hydrogens is 212 g/mol. The predicted octanol–water partition coefficient (Wildman–Crippen LogP) is 4.24. The van der Waals surface area contributed by atoms with Gasteiger partial charge in [-0.25, -0.2) is 0 Å². The Labute approximate surface area is 100 Å². The highest BCUT2D eigenvalue weighted by Gasteiger charge is 2.01. The van der Waals surface area contributed by atoms with Crippen LogP contribution in [-0.2, 0) is 0 Å². The quantitative estimate of drug-likeness (QED) is 0.782. The van der Waals surface area contributed by atoms with Gasteiger partial charge in [-0.05, 0) is 36.8 Å². The van der Waals surface area contributed by atoms with Gasteiger partial charge in [0.1, 0.15) is 5.75 Å². The monoisotopic (exact) mass is 226 g/mol. The van der Waals surface area contributed by atoms with Gasteiger partial charge in [-0.3, -0.25) is 0 Å². The maximum absolute atomic E-state index is 9.14. The predicted molar refractivity (Wildman–Crippen MR) is 67.5 cm³/mol. The first-order chi connectivity index (χ1) is 8.25. The summed E-state index contributed by atoms with van der Waals surface area (Å²) in [7, 11) is 0. The third kappa shape index (κ3) is 3.14. The molecule has 0 saturated carbocycles. The van der Waals surface area contributed by atoms with Crippen LogP contribution in [0.1, 0.15) is 18.5 Å². The first-order valence-electron chi connectivity index (χ1n) is 5.50. The van der Waals surface area contributed by atoms with E-state index in [1.54, 1.807) is 24.3 Å². The lowest BCUT2D eigenvalue weighted by Gasteiger charge is -2.04. The Hall–Kier alpha value is -2.16. The van der Waals surface area contributed by atoms with Crippen LogP contribution < -0.4 is 0 Å². The van der Waals surface area contributed by atoms with E-state index in [2.05, 4.69) is 10.2 Å². The van der Waals surface area contributed by atoms with E-state index in [4.69, 9.17) is 5.11 Å². The minimum Gasteiger partial charge on any atom is -0.508 e. The van der Waals surface area contributed by atoms with Crippen molar-refractivity contribution in [3.63, 3.8) is 0 Å².